The van der Waals surface area contributed by atoms with Gasteiger partial charge in [0.25, 0.3) is 6.43 Å². The van der Waals surface area contributed by atoms with Crippen LogP contribution in [0.3, 0.4) is 0 Å². The van der Waals surface area contributed by atoms with E-state index in [0.717, 1.165) is 19.3 Å². The number of fused-ring (bicyclic) bond motifs is 1. The molecule has 0 saturated carbocycles. The first kappa shape index (κ1) is 14.1. The summed E-state index contributed by atoms with van der Waals surface area (Å²) < 4.78 is 29.7. The zero-order valence-electron chi connectivity index (χ0n) is 11.4. The lowest BCUT2D eigenvalue weighted by Gasteiger charge is -2.22. The predicted octanol–water partition coefficient (Wildman–Crippen LogP) is 2.71. The number of aromatic nitrogens is 2. The summed E-state index contributed by atoms with van der Waals surface area (Å²) in [7, 11) is 0. The van der Waals surface area contributed by atoms with Gasteiger partial charge in [-0.2, -0.15) is 4.98 Å². The van der Waals surface area contributed by atoms with E-state index in [-0.39, 0.29) is 18.2 Å². The monoisotopic (exact) mass is 294 g/mol. The summed E-state index contributed by atoms with van der Waals surface area (Å²) in [6, 6.07) is 8.10. The fourth-order valence-corrected chi connectivity index (χ4v) is 2.78. The van der Waals surface area contributed by atoms with E-state index in [1.165, 1.54) is 11.1 Å². The Labute approximate surface area is 120 Å². The summed E-state index contributed by atoms with van der Waals surface area (Å²) in [5.74, 6) is 0.607. The Morgan fingerprint density at radius 1 is 1.33 bits per heavy atom. The van der Waals surface area contributed by atoms with Gasteiger partial charge >= 0.3 is 0 Å². The quantitative estimate of drug-likeness (QED) is 0.942. The van der Waals surface area contributed by atoms with Crippen molar-refractivity contribution in [3.63, 3.8) is 0 Å². The highest BCUT2D eigenvalue weighted by molar-refractivity contribution is 5.36. The SMILES string of the molecule is OC(Cc1nc(C2CCCc3ccccc32)no1)C(F)F. The van der Waals surface area contributed by atoms with Crippen LogP contribution in [0.4, 0.5) is 8.78 Å². The van der Waals surface area contributed by atoms with Gasteiger partial charge in [0.05, 0.1) is 6.42 Å². The number of benzene rings is 1. The molecule has 1 aromatic carbocycles. The number of halogens is 2. The summed E-state index contributed by atoms with van der Waals surface area (Å²) in [5, 5.41) is 13.1. The van der Waals surface area contributed by atoms with E-state index in [0.29, 0.717) is 5.82 Å². The third kappa shape index (κ3) is 2.95. The highest BCUT2D eigenvalue weighted by Crippen LogP contribution is 2.35. The molecule has 1 aliphatic carbocycles. The van der Waals surface area contributed by atoms with Crippen molar-refractivity contribution in [2.45, 2.75) is 44.1 Å². The van der Waals surface area contributed by atoms with Gasteiger partial charge in [0.2, 0.25) is 5.89 Å². The molecule has 2 atom stereocenters. The molecule has 0 saturated heterocycles. The maximum Gasteiger partial charge on any atom is 0.264 e. The second kappa shape index (κ2) is 5.89. The Morgan fingerprint density at radius 2 is 2.14 bits per heavy atom. The molecule has 6 heteroatoms. The van der Waals surface area contributed by atoms with Gasteiger partial charge in [0.15, 0.2) is 5.82 Å². The molecule has 112 valence electrons. The molecule has 3 rings (SSSR count). The number of alkyl halides is 2. The summed E-state index contributed by atoms with van der Waals surface area (Å²) in [4.78, 5) is 4.18. The van der Waals surface area contributed by atoms with Gasteiger partial charge in [-0.1, -0.05) is 29.4 Å². The first-order valence-corrected chi connectivity index (χ1v) is 7.01. The normalized spacial score (nSPS) is 19.5. The zero-order chi connectivity index (χ0) is 14.8. The van der Waals surface area contributed by atoms with Crippen molar-refractivity contribution in [3.8, 4) is 0 Å². The molecule has 2 aromatic rings. The smallest absolute Gasteiger partial charge is 0.264 e. The van der Waals surface area contributed by atoms with Crippen LogP contribution in [0.25, 0.3) is 0 Å². The first-order chi connectivity index (χ1) is 10.1. The molecular weight excluding hydrogens is 278 g/mol. The fourth-order valence-electron chi connectivity index (χ4n) is 2.78. The Balaban J connectivity index is 1.81. The van der Waals surface area contributed by atoms with Gasteiger partial charge in [0.1, 0.15) is 6.10 Å². The minimum atomic E-state index is -2.81. The van der Waals surface area contributed by atoms with Crippen LogP contribution >= 0.6 is 0 Å². The zero-order valence-corrected chi connectivity index (χ0v) is 11.4. The summed E-state index contributed by atoms with van der Waals surface area (Å²) in [6.45, 7) is 0. The van der Waals surface area contributed by atoms with Gasteiger partial charge in [-0.3, -0.25) is 0 Å². The Bertz CT molecular complexity index is 615. The third-order valence-electron chi connectivity index (χ3n) is 3.84. The van der Waals surface area contributed by atoms with E-state index in [2.05, 4.69) is 16.2 Å². The van der Waals surface area contributed by atoms with Crippen LogP contribution in [0.5, 0.6) is 0 Å². The molecule has 0 aliphatic heterocycles. The topological polar surface area (TPSA) is 59.2 Å². The number of hydrogen-bond donors (Lipinski definition) is 1. The maximum atomic E-state index is 12.3. The summed E-state index contributed by atoms with van der Waals surface area (Å²) in [5.41, 5.74) is 2.44. The van der Waals surface area contributed by atoms with E-state index in [1.54, 1.807) is 0 Å². The lowest BCUT2D eigenvalue weighted by atomic mass is 9.82. The van der Waals surface area contributed by atoms with Gasteiger partial charge < -0.3 is 9.63 Å². The van der Waals surface area contributed by atoms with Crippen LogP contribution in [0.1, 0.15) is 41.6 Å². The molecule has 4 nitrogen and oxygen atoms in total. The number of rotatable bonds is 4. The second-order valence-electron chi connectivity index (χ2n) is 5.30. The van der Waals surface area contributed by atoms with Crippen molar-refractivity contribution in [1.82, 2.24) is 10.1 Å². The lowest BCUT2D eigenvalue weighted by molar-refractivity contribution is -0.00754. The Kier molecular flexibility index (Phi) is 3.96. The van der Waals surface area contributed by atoms with E-state index >= 15 is 0 Å². The average Bonchev–Trinajstić information content (AvgIpc) is 2.95. The molecule has 21 heavy (non-hydrogen) atoms. The highest BCUT2D eigenvalue weighted by Gasteiger charge is 2.27. The van der Waals surface area contributed by atoms with Crippen LogP contribution in [0.15, 0.2) is 28.8 Å². The molecule has 1 heterocycles. The van der Waals surface area contributed by atoms with Gasteiger partial charge in [-0.25, -0.2) is 8.78 Å². The standard InChI is InChI=1S/C15H16F2N2O2/c16-14(17)12(20)8-13-18-15(19-21-13)11-7-3-5-9-4-1-2-6-10(9)11/h1-2,4,6,11-12,14,20H,3,5,7-8H2. The van der Waals surface area contributed by atoms with Crippen LogP contribution < -0.4 is 0 Å². The number of aryl methyl sites for hydroxylation is 1. The number of hydrogen-bond acceptors (Lipinski definition) is 4. The van der Waals surface area contributed by atoms with E-state index in [4.69, 9.17) is 4.52 Å². The van der Waals surface area contributed by atoms with Crippen molar-refractivity contribution in [1.29, 1.82) is 0 Å². The molecule has 2 unspecified atom stereocenters. The first-order valence-electron chi connectivity index (χ1n) is 7.01. The largest absolute Gasteiger partial charge is 0.387 e. The molecule has 0 bridgehead atoms. The molecule has 0 fully saturated rings. The van der Waals surface area contributed by atoms with Crippen molar-refractivity contribution in [2.75, 3.05) is 0 Å². The number of aliphatic hydroxyl groups excluding tert-OH is 1. The highest BCUT2D eigenvalue weighted by atomic mass is 19.3. The van der Waals surface area contributed by atoms with Gasteiger partial charge in [-0.15, -0.1) is 0 Å². The predicted molar refractivity (Wildman–Crippen MR) is 71.2 cm³/mol. The number of aliphatic hydroxyl groups is 1. The number of nitrogens with zero attached hydrogens (tertiary/aromatic N) is 2. The van der Waals surface area contributed by atoms with Crippen molar-refractivity contribution >= 4 is 0 Å². The fraction of sp³-hybridized carbons (Fsp3) is 0.467. The van der Waals surface area contributed by atoms with Crippen molar-refractivity contribution in [3.05, 3.63) is 47.1 Å². The molecule has 0 spiro atoms. The van der Waals surface area contributed by atoms with Crippen LogP contribution in [-0.2, 0) is 12.8 Å². The molecule has 0 amide bonds. The minimum Gasteiger partial charge on any atom is -0.387 e. The Morgan fingerprint density at radius 3 is 2.95 bits per heavy atom. The second-order valence-corrected chi connectivity index (χ2v) is 5.30. The molecule has 1 N–H and O–H groups in total. The maximum absolute atomic E-state index is 12.3. The van der Waals surface area contributed by atoms with E-state index < -0.39 is 12.5 Å². The van der Waals surface area contributed by atoms with Crippen LogP contribution in [-0.4, -0.2) is 27.8 Å². The average molecular weight is 294 g/mol. The van der Waals surface area contributed by atoms with Gasteiger partial charge in [0, 0.05) is 5.92 Å². The minimum absolute atomic E-state index is 0.0381. The van der Waals surface area contributed by atoms with E-state index in [9.17, 15) is 13.9 Å². The van der Waals surface area contributed by atoms with Crippen LogP contribution in [0, 0.1) is 0 Å². The molecular formula is C15H16F2N2O2. The lowest BCUT2D eigenvalue weighted by Crippen LogP contribution is -2.20. The summed E-state index contributed by atoms with van der Waals surface area (Å²) in [6.07, 6.45) is -1.92. The molecule has 0 radical (unpaired) electrons. The molecule has 1 aromatic heterocycles. The van der Waals surface area contributed by atoms with Gasteiger partial charge in [-0.05, 0) is 30.4 Å². The summed E-state index contributed by atoms with van der Waals surface area (Å²) >= 11 is 0. The molecule has 1 aliphatic rings. The van der Waals surface area contributed by atoms with Crippen LogP contribution in [0.2, 0.25) is 0 Å². The van der Waals surface area contributed by atoms with Crippen molar-refractivity contribution < 1.29 is 18.4 Å². The third-order valence-corrected chi connectivity index (χ3v) is 3.84. The van der Waals surface area contributed by atoms with Crippen molar-refractivity contribution in [2.24, 2.45) is 0 Å². The van der Waals surface area contributed by atoms with E-state index in [1.807, 2.05) is 18.2 Å². The Hall–Kier alpha value is -1.82.